The third-order valence-corrected chi connectivity index (χ3v) is 3.18. The molecule has 1 atom stereocenters. The Labute approximate surface area is 118 Å². The van der Waals surface area contributed by atoms with Crippen LogP contribution in [0.2, 0.25) is 0 Å². The second kappa shape index (κ2) is 5.79. The minimum absolute atomic E-state index is 0.0542. The highest BCUT2D eigenvalue weighted by Gasteiger charge is 2.34. The van der Waals surface area contributed by atoms with Crippen molar-refractivity contribution in [1.82, 2.24) is 0 Å². The molecule has 0 aromatic heterocycles. The van der Waals surface area contributed by atoms with Crippen molar-refractivity contribution in [2.75, 3.05) is 6.61 Å². The first-order chi connectivity index (χ1) is 9.52. The van der Waals surface area contributed by atoms with E-state index in [0.717, 1.165) is 12.0 Å². The van der Waals surface area contributed by atoms with Gasteiger partial charge in [-0.2, -0.15) is 0 Å². The summed E-state index contributed by atoms with van der Waals surface area (Å²) in [5.41, 5.74) is 1.46. The Morgan fingerprint density at radius 1 is 1.50 bits per heavy atom. The summed E-state index contributed by atoms with van der Waals surface area (Å²) in [5.74, 6) is 1.29. The number of rotatable bonds is 3. The SMILES string of the molecule is C#CC(=O)OCC1=NOC(C)(C)CC1c1ccccc1. The lowest BCUT2D eigenvalue weighted by Crippen LogP contribution is -2.35. The van der Waals surface area contributed by atoms with Crippen LogP contribution in [0.5, 0.6) is 0 Å². The van der Waals surface area contributed by atoms with Crippen LogP contribution in [0.3, 0.4) is 0 Å². The van der Waals surface area contributed by atoms with Crippen LogP contribution in [0, 0.1) is 12.3 Å². The molecule has 1 aliphatic rings. The number of esters is 1. The average Bonchev–Trinajstić information content (AvgIpc) is 2.46. The molecule has 1 aromatic carbocycles. The average molecular weight is 271 g/mol. The molecule has 1 unspecified atom stereocenters. The maximum atomic E-state index is 11.1. The molecule has 1 heterocycles. The quantitative estimate of drug-likeness (QED) is 0.482. The molecule has 1 aliphatic heterocycles. The summed E-state index contributed by atoms with van der Waals surface area (Å²) in [6.45, 7) is 4.02. The summed E-state index contributed by atoms with van der Waals surface area (Å²) in [4.78, 5) is 16.5. The number of ether oxygens (including phenoxy) is 1. The first-order valence-corrected chi connectivity index (χ1v) is 6.45. The highest BCUT2D eigenvalue weighted by atomic mass is 16.7. The molecule has 0 amide bonds. The largest absolute Gasteiger partial charge is 0.450 e. The highest BCUT2D eigenvalue weighted by Crippen LogP contribution is 2.33. The second-order valence-electron chi connectivity index (χ2n) is 5.32. The van der Waals surface area contributed by atoms with Gasteiger partial charge in [0.2, 0.25) is 0 Å². The van der Waals surface area contributed by atoms with Gasteiger partial charge in [-0.1, -0.05) is 35.5 Å². The van der Waals surface area contributed by atoms with Crippen LogP contribution >= 0.6 is 0 Å². The summed E-state index contributed by atoms with van der Waals surface area (Å²) in [7, 11) is 0. The van der Waals surface area contributed by atoms with Crippen LogP contribution in [-0.4, -0.2) is 23.9 Å². The number of hydrogen-bond donors (Lipinski definition) is 0. The number of hydrogen-bond acceptors (Lipinski definition) is 4. The maximum Gasteiger partial charge on any atom is 0.384 e. The third kappa shape index (κ3) is 3.39. The van der Waals surface area contributed by atoms with Crippen LogP contribution in [0.25, 0.3) is 0 Å². The second-order valence-corrected chi connectivity index (χ2v) is 5.32. The number of carbonyl (C=O) groups is 1. The Bertz CT molecular complexity index is 555. The van der Waals surface area contributed by atoms with Crippen LogP contribution < -0.4 is 0 Å². The normalized spacial score (nSPS) is 20.2. The van der Waals surface area contributed by atoms with E-state index >= 15 is 0 Å². The van der Waals surface area contributed by atoms with Crippen LogP contribution in [-0.2, 0) is 14.4 Å². The van der Waals surface area contributed by atoms with Crippen molar-refractivity contribution in [1.29, 1.82) is 0 Å². The minimum atomic E-state index is -0.690. The van der Waals surface area contributed by atoms with Gasteiger partial charge in [0, 0.05) is 18.3 Å². The molecule has 1 aromatic rings. The molecule has 0 saturated carbocycles. The number of nitrogens with zero attached hydrogens (tertiary/aromatic N) is 1. The zero-order chi connectivity index (χ0) is 14.6. The van der Waals surface area contributed by atoms with Gasteiger partial charge in [0.15, 0.2) is 0 Å². The number of terminal acetylenes is 1. The van der Waals surface area contributed by atoms with Crippen molar-refractivity contribution in [3.05, 3.63) is 35.9 Å². The van der Waals surface area contributed by atoms with Gasteiger partial charge < -0.3 is 9.57 Å². The highest BCUT2D eigenvalue weighted by molar-refractivity contribution is 5.95. The molecule has 20 heavy (non-hydrogen) atoms. The summed E-state index contributed by atoms with van der Waals surface area (Å²) in [5, 5.41) is 4.12. The predicted molar refractivity (Wildman–Crippen MR) is 76.2 cm³/mol. The van der Waals surface area contributed by atoms with E-state index in [1.807, 2.05) is 50.1 Å². The Hall–Kier alpha value is -2.28. The van der Waals surface area contributed by atoms with E-state index in [9.17, 15) is 4.79 Å². The van der Waals surface area contributed by atoms with Gasteiger partial charge in [-0.25, -0.2) is 4.79 Å². The van der Waals surface area contributed by atoms with E-state index in [4.69, 9.17) is 16.0 Å². The smallest absolute Gasteiger partial charge is 0.384 e. The molecule has 0 radical (unpaired) electrons. The zero-order valence-electron chi connectivity index (χ0n) is 11.6. The number of carbonyl (C=O) groups excluding carboxylic acids is 1. The van der Waals surface area contributed by atoms with Gasteiger partial charge in [0.25, 0.3) is 0 Å². The van der Waals surface area contributed by atoms with Crippen molar-refractivity contribution >= 4 is 11.7 Å². The molecule has 0 saturated heterocycles. The van der Waals surface area contributed by atoms with Crippen molar-refractivity contribution in [2.45, 2.75) is 31.8 Å². The first-order valence-electron chi connectivity index (χ1n) is 6.45. The van der Waals surface area contributed by atoms with E-state index in [1.165, 1.54) is 0 Å². The summed E-state index contributed by atoms with van der Waals surface area (Å²) >= 11 is 0. The maximum absolute atomic E-state index is 11.1. The summed E-state index contributed by atoms with van der Waals surface area (Å²) in [6.07, 6.45) is 5.75. The van der Waals surface area contributed by atoms with Gasteiger partial charge in [-0.15, -0.1) is 6.42 Å². The van der Waals surface area contributed by atoms with E-state index < -0.39 is 5.97 Å². The Balaban J connectivity index is 2.21. The molecule has 0 bridgehead atoms. The fourth-order valence-electron chi connectivity index (χ4n) is 2.20. The lowest BCUT2D eigenvalue weighted by atomic mass is 9.84. The van der Waals surface area contributed by atoms with Crippen molar-refractivity contribution in [2.24, 2.45) is 5.16 Å². The van der Waals surface area contributed by atoms with Gasteiger partial charge >= 0.3 is 5.97 Å². The van der Waals surface area contributed by atoms with Crippen LogP contribution in [0.4, 0.5) is 0 Å². The number of oxime groups is 1. The molecule has 0 spiro atoms. The van der Waals surface area contributed by atoms with Gasteiger partial charge in [-0.3, -0.25) is 0 Å². The van der Waals surface area contributed by atoms with Crippen LogP contribution in [0.1, 0.15) is 31.7 Å². The molecular weight excluding hydrogens is 254 g/mol. The molecule has 0 fully saturated rings. The van der Waals surface area contributed by atoms with E-state index in [2.05, 4.69) is 5.16 Å². The van der Waals surface area contributed by atoms with E-state index in [-0.39, 0.29) is 18.1 Å². The lowest BCUT2D eigenvalue weighted by Gasteiger charge is -2.33. The Kier molecular flexibility index (Phi) is 4.09. The Morgan fingerprint density at radius 3 is 2.85 bits per heavy atom. The zero-order valence-corrected chi connectivity index (χ0v) is 11.6. The standard InChI is InChI=1S/C16H17NO3/c1-4-15(18)19-11-14-13(10-16(2,3)20-17-14)12-8-6-5-7-9-12/h1,5-9,13H,10-11H2,2-3H3. The number of benzene rings is 1. The van der Waals surface area contributed by atoms with Gasteiger partial charge in [0.05, 0.1) is 0 Å². The predicted octanol–water partition coefficient (Wildman–Crippen LogP) is 2.50. The van der Waals surface area contributed by atoms with Crippen molar-refractivity contribution < 1.29 is 14.4 Å². The van der Waals surface area contributed by atoms with Gasteiger partial charge in [0.1, 0.15) is 17.9 Å². The lowest BCUT2D eigenvalue weighted by molar-refractivity contribution is -0.135. The van der Waals surface area contributed by atoms with Gasteiger partial charge in [-0.05, 0) is 19.4 Å². The topological polar surface area (TPSA) is 47.9 Å². The molecule has 4 heteroatoms. The third-order valence-electron chi connectivity index (χ3n) is 3.18. The van der Waals surface area contributed by atoms with Crippen molar-refractivity contribution in [3.63, 3.8) is 0 Å². The Morgan fingerprint density at radius 2 is 2.20 bits per heavy atom. The molecule has 0 N–H and O–H groups in total. The molecule has 104 valence electrons. The van der Waals surface area contributed by atoms with Crippen LogP contribution in [0.15, 0.2) is 35.5 Å². The fourth-order valence-corrected chi connectivity index (χ4v) is 2.20. The minimum Gasteiger partial charge on any atom is -0.450 e. The fraction of sp³-hybridized carbons (Fsp3) is 0.375. The monoisotopic (exact) mass is 271 g/mol. The molecule has 4 nitrogen and oxygen atoms in total. The molecular formula is C16H17NO3. The first kappa shape index (κ1) is 14.1. The molecule has 0 aliphatic carbocycles. The summed E-state index contributed by atoms with van der Waals surface area (Å²) in [6, 6.07) is 9.98. The van der Waals surface area contributed by atoms with E-state index in [1.54, 1.807) is 0 Å². The molecule has 2 rings (SSSR count). The van der Waals surface area contributed by atoms with Crippen molar-refractivity contribution in [3.8, 4) is 12.3 Å². The summed E-state index contributed by atoms with van der Waals surface area (Å²) < 4.78 is 4.96. The van der Waals surface area contributed by atoms with E-state index in [0.29, 0.717) is 5.71 Å².